The molecule has 0 spiro atoms. The molecule has 0 bridgehead atoms. The third kappa shape index (κ3) is 10.9. The van der Waals surface area contributed by atoms with Gasteiger partial charge in [0.25, 0.3) is 0 Å². The summed E-state index contributed by atoms with van der Waals surface area (Å²) in [6.45, 7) is 1.55. The van der Waals surface area contributed by atoms with Crippen LogP contribution in [0.5, 0.6) is 0 Å². The van der Waals surface area contributed by atoms with Gasteiger partial charge >= 0.3 is 0 Å². The minimum absolute atomic E-state index is 0. The van der Waals surface area contributed by atoms with Gasteiger partial charge in [0.2, 0.25) is 0 Å². The summed E-state index contributed by atoms with van der Waals surface area (Å²) in [6, 6.07) is 0. The van der Waals surface area contributed by atoms with E-state index >= 15 is 0 Å². The second-order valence-electron chi connectivity index (χ2n) is 1.28. The Morgan fingerprint density at radius 2 is 1.14 bits per heavy atom. The van der Waals surface area contributed by atoms with Crippen LogP contribution in [0, 0.1) is 0 Å². The number of hydrogen-bond donors (Lipinski definition) is 2. The van der Waals surface area contributed by atoms with Crippen molar-refractivity contribution in [3.8, 4) is 0 Å². The van der Waals surface area contributed by atoms with Gasteiger partial charge in [-0.3, -0.25) is 0 Å². The Morgan fingerprint density at radius 3 is 1.29 bits per heavy atom. The van der Waals surface area contributed by atoms with Crippen LogP contribution in [0.25, 0.3) is 0 Å². The quantitative estimate of drug-likeness (QED) is 0.584. The van der Waals surface area contributed by atoms with Gasteiger partial charge in [0.05, 0.1) is 0 Å². The first-order valence-electron chi connectivity index (χ1n) is 2.32. The number of rotatable bonds is 3. The predicted octanol–water partition coefficient (Wildman–Crippen LogP) is -0.318. The SMILES string of the molecule is NCCCCN.[Zr]. The van der Waals surface area contributed by atoms with Gasteiger partial charge in [-0.2, -0.15) is 0 Å². The van der Waals surface area contributed by atoms with Crippen LogP contribution in [0.1, 0.15) is 12.8 Å². The normalized spacial score (nSPS) is 7.71. The monoisotopic (exact) mass is 178 g/mol. The molecule has 0 aliphatic heterocycles. The second kappa shape index (κ2) is 9.93. The second-order valence-corrected chi connectivity index (χ2v) is 1.28. The van der Waals surface area contributed by atoms with Crippen molar-refractivity contribution < 1.29 is 26.2 Å². The van der Waals surface area contributed by atoms with E-state index in [2.05, 4.69) is 0 Å². The van der Waals surface area contributed by atoms with Crippen molar-refractivity contribution in [3.05, 3.63) is 0 Å². The van der Waals surface area contributed by atoms with Gasteiger partial charge in [-0.25, -0.2) is 0 Å². The zero-order valence-electron chi connectivity index (χ0n) is 4.48. The standard InChI is InChI=1S/C4H12N2.Zr/c5-3-1-2-4-6;/h1-6H2;. The average Bonchev–Trinajstić information content (AvgIpc) is 1.61. The number of nitrogens with two attached hydrogens (primary N) is 2. The average molecular weight is 179 g/mol. The summed E-state index contributed by atoms with van der Waals surface area (Å²) in [5, 5.41) is 0. The van der Waals surface area contributed by atoms with Gasteiger partial charge in [-0.05, 0) is 25.9 Å². The van der Waals surface area contributed by atoms with Crippen LogP contribution in [0.2, 0.25) is 0 Å². The minimum atomic E-state index is 0. The summed E-state index contributed by atoms with van der Waals surface area (Å²) in [4.78, 5) is 0. The molecule has 0 rings (SSSR count). The van der Waals surface area contributed by atoms with Gasteiger partial charge < -0.3 is 11.5 Å². The molecular formula is C4H12N2Zr. The Hall–Kier alpha value is 0.803. The summed E-state index contributed by atoms with van der Waals surface area (Å²) >= 11 is 0. The van der Waals surface area contributed by atoms with Crippen LogP contribution in [0.4, 0.5) is 0 Å². The largest absolute Gasteiger partial charge is 0.330 e. The first kappa shape index (κ1) is 10.7. The molecule has 0 aromatic carbocycles. The van der Waals surface area contributed by atoms with E-state index in [0.29, 0.717) is 0 Å². The van der Waals surface area contributed by atoms with Crippen LogP contribution < -0.4 is 11.5 Å². The Balaban J connectivity index is 0. The Bertz CT molecular complexity index is 21.7. The summed E-state index contributed by atoms with van der Waals surface area (Å²) in [5.41, 5.74) is 10.3. The van der Waals surface area contributed by atoms with E-state index in [-0.39, 0.29) is 26.2 Å². The molecule has 0 aromatic rings. The maximum atomic E-state index is 5.16. The fourth-order valence-electron chi connectivity index (χ4n) is 0.289. The van der Waals surface area contributed by atoms with Crippen molar-refractivity contribution in [3.63, 3.8) is 0 Å². The fourth-order valence-corrected chi connectivity index (χ4v) is 0.289. The van der Waals surface area contributed by atoms with Crippen LogP contribution in [-0.4, -0.2) is 13.1 Å². The first-order valence-corrected chi connectivity index (χ1v) is 2.32. The Kier molecular flexibility index (Phi) is 15.2. The summed E-state index contributed by atoms with van der Waals surface area (Å²) in [6.07, 6.45) is 2.13. The van der Waals surface area contributed by atoms with Gasteiger partial charge in [0, 0.05) is 26.2 Å². The number of unbranched alkanes of at least 4 members (excludes halogenated alkanes) is 1. The fraction of sp³-hybridized carbons (Fsp3) is 1.00. The third-order valence-electron chi connectivity index (χ3n) is 0.658. The molecule has 42 valence electrons. The maximum absolute atomic E-state index is 5.16. The molecule has 3 heteroatoms. The Morgan fingerprint density at radius 1 is 0.857 bits per heavy atom. The topological polar surface area (TPSA) is 52.0 Å². The van der Waals surface area contributed by atoms with Crippen LogP contribution in [-0.2, 0) is 26.2 Å². The molecule has 0 atom stereocenters. The minimum Gasteiger partial charge on any atom is -0.330 e. The molecule has 0 radical (unpaired) electrons. The van der Waals surface area contributed by atoms with E-state index < -0.39 is 0 Å². The van der Waals surface area contributed by atoms with Crippen molar-refractivity contribution in [2.75, 3.05) is 13.1 Å². The molecule has 0 fully saturated rings. The molecule has 0 saturated heterocycles. The van der Waals surface area contributed by atoms with Crippen molar-refractivity contribution in [1.82, 2.24) is 0 Å². The molecular weight excluding hydrogens is 167 g/mol. The van der Waals surface area contributed by atoms with Crippen LogP contribution in [0.3, 0.4) is 0 Å². The molecule has 0 saturated carbocycles. The van der Waals surface area contributed by atoms with Gasteiger partial charge in [0.1, 0.15) is 0 Å². The summed E-state index contributed by atoms with van der Waals surface area (Å²) < 4.78 is 0. The smallest absolute Gasteiger partial charge is 0 e. The summed E-state index contributed by atoms with van der Waals surface area (Å²) in [5.74, 6) is 0. The van der Waals surface area contributed by atoms with Gasteiger partial charge in [0.15, 0.2) is 0 Å². The molecule has 0 aliphatic carbocycles. The molecule has 7 heavy (non-hydrogen) atoms. The first-order chi connectivity index (χ1) is 2.91. The molecule has 0 aliphatic rings. The van der Waals surface area contributed by atoms with Crippen molar-refractivity contribution in [2.45, 2.75) is 12.8 Å². The van der Waals surface area contributed by atoms with Crippen molar-refractivity contribution in [1.29, 1.82) is 0 Å². The summed E-state index contributed by atoms with van der Waals surface area (Å²) in [7, 11) is 0. The maximum Gasteiger partial charge on any atom is 0 e. The van der Waals surface area contributed by atoms with Crippen LogP contribution in [0.15, 0.2) is 0 Å². The molecule has 0 heterocycles. The molecule has 2 nitrogen and oxygen atoms in total. The Labute approximate surface area is 63.8 Å². The van der Waals surface area contributed by atoms with E-state index in [9.17, 15) is 0 Å². The van der Waals surface area contributed by atoms with E-state index in [1.807, 2.05) is 0 Å². The zero-order chi connectivity index (χ0) is 4.83. The van der Waals surface area contributed by atoms with Gasteiger partial charge in [-0.1, -0.05) is 0 Å². The van der Waals surface area contributed by atoms with Crippen LogP contribution >= 0.6 is 0 Å². The molecule has 0 unspecified atom stereocenters. The number of hydrogen-bond acceptors (Lipinski definition) is 2. The van der Waals surface area contributed by atoms with Gasteiger partial charge in [-0.15, -0.1) is 0 Å². The van der Waals surface area contributed by atoms with E-state index in [1.165, 1.54) is 0 Å². The third-order valence-corrected chi connectivity index (χ3v) is 0.658. The zero-order valence-corrected chi connectivity index (χ0v) is 6.94. The van der Waals surface area contributed by atoms with Crippen molar-refractivity contribution in [2.24, 2.45) is 11.5 Å². The van der Waals surface area contributed by atoms with E-state index in [1.54, 1.807) is 0 Å². The van der Waals surface area contributed by atoms with E-state index in [4.69, 9.17) is 11.5 Å². The van der Waals surface area contributed by atoms with Crippen molar-refractivity contribution >= 4 is 0 Å². The predicted molar refractivity (Wildman–Crippen MR) is 27.3 cm³/mol. The molecule has 4 N–H and O–H groups in total. The molecule has 0 amide bonds. The van der Waals surface area contributed by atoms with E-state index in [0.717, 1.165) is 25.9 Å². The molecule has 0 aromatic heterocycles.